The molecular weight excluding hydrogens is 244 g/mol. The quantitative estimate of drug-likeness (QED) is 0.796. The van der Waals surface area contributed by atoms with Gasteiger partial charge in [0.05, 0.1) is 12.0 Å². The first-order valence-electron chi connectivity index (χ1n) is 7.27. The fourth-order valence-corrected chi connectivity index (χ4v) is 2.99. The molecule has 19 heavy (non-hydrogen) atoms. The lowest BCUT2D eigenvalue weighted by Crippen LogP contribution is -2.59. The van der Waals surface area contributed by atoms with Crippen LogP contribution >= 0.6 is 0 Å². The molecule has 2 aliphatic rings. The maximum atomic E-state index is 12.3. The van der Waals surface area contributed by atoms with Crippen LogP contribution in [0.3, 0.4) is 0 Å². The molecule has 2 rings (SSSR count). The summed E-state index contributed by atoms with van der Waals surface area (Å²) in [6.45, 7) is 6.01. The van der Waals surface area contributed by atoms with Crippen LogP contribution in [0.1, 0.15) is 33.1 Å². The molecule has 1 amide bonds. The highest BCUT2D eigenvalue weighted by molar-refractivity contribution is 5.83. The number of hydrogen-bond acceptors (Lipinski definition) is 3. The van der Waals surface area contributed by atoms with Crippen LogP contribution in [0, 0.1) is 17.8 Å². The van der Waals surface area contributed by atoms with Crippen LogP contribution in [0.15, 0.2) is 0 Å². The van der Waals surface area contributed by atoms with Gasteiger partial charge in [0.15, 0.2) is 0 Å². The summed E-state index contributed by atoms with van der Waals surface area (Å²) in [4.78, 5) is 25.0. The summed E-state index contributed by atoms with van der Waals surface area (Å²) in [6, 6.07) is -0.0558. The van der Waals surface area contributed by atoms with Crippen molar-refractivity contribution in [2.75, 3.05) is 19.6 Å². The number of amides is 1. The van der Waals surface area contributed by atoms with Crippen molar-refractivity contribution in [2.24, 2.45) is 17.8 Å². The second kappa shape index (κ2) is 5.90. The lowest BCUT2D eigenvalue weighted by atomic mass is 9.85. The Balaban J connectivity index is 1.81. The summed E-state index contributed by atoms with van der Waals surface area (Å²) in [5, 5.41) is 12.2. The van der Waals surface area contributed by atoms with E-state index in [0.717, 1.165) is 25.8 Å². The molecule has 2 aliphatic heterocycles. The largest absolute Gasteiger partial charge is 0.481 e. The van der Waals surface area contributed by atoms with Crippen LogP contribution in [0.2, 0.25) is 0 Å². The first kappa shape index (κ1) is 14.3. The minimum atomic E-state index is -0.765. The third kappa shape index (κ3) is 3.08. The van der Waals surface area contributed by atoms with Crippen molar-refractivity contribution in [2.45, 2.75) is 39.2 Å². The Morgan fingerprint density at radius 1 is 1.42 bits per heavy atom. The minimum Gasteiger partial charge on any atom is -0.481 e. The van der Waals surface area contributed by atoms with Crippen molar-refractivity contribution < 1.29 is 14.7 Å². The topological polar surface area (TPSA) is 69.6 Å². The van der Waals surface area contributed by atoms with E-state index < -0.39 is 5.97 Å². The molecule has 0 aromatic carbocycles. The number of hydrogen-bond donors (Lipinski definition) is 2. The highest BCUT2D eigenvalue weighted by atomic mass is 16.4. The van der Waals surface area contributed by atoms with Gasteiger partial charge in [-0.1, -0.05) is 20.3 Å². The average Bonchev–Trinajstić information content (AvgIpc) is 2.36. The van der Waals surface area contributed by atoms with Crippen LogP contribution in [0.25, 0.3) is 0 Å². The van der Waals surface area contributed by atoms with Crippen molar-refractivity contribution in [1.29, 1.82) is 0 Å². The van der Waals surface area contributed by atoms with E-state index in [9.17, 15) is 9.59 Å². The molecule has 0 aromatic rings. The number of carboxylic acids is 1. The summed E-state index contributed by atoms with van der Waals surface area (Å²) in [5.74, 6) is -0.199. The summed E-state index contributed by atoms with van der Waals surface area (Å²) >= 11 is 0. The van der Waals surface area contributed by atoms with Crippen LogP contribution in [0.5, 0.6) is 0 Å². The Morgan fingerprint density at radius 3 is 2.68 bits per heavy atom. The first-order chi connectivity index (χ1) is 9.02. The van der Waals surface area contributed by atoms with Crippen molar-refractivity contribution in [3.05, 3.63) is 0 Å². The molecular formula is C14H24N2O3. The van der Waals surface area contributed by atoms with E-state index in [1.165, 1.54) is 0 Å². The van der Waals surface area contributed by atoms with Crippen LogP contribution in [0.4, 0.5) is 0 Å². The number of nitrogens with one attached hydrogen (secondary N) is 1. The van der Waals surface area contributed by atoms with Gasteiger partial charge in [-0.25, -0.2) is 0 Å². The highest BCUT2D eigenvalue weighted by Gasteiger charge is 2.40. The summed E-state index contributed by atoms with van der Waals surface area (Å²) in [5.41, 5.74) is 0. The normalized spacial score (nSPS) is 29.7. The molecule has 0 aromatic heterocycles. The number of nitrogens with zero attached hydrogens (tertiary/aromatic N) is 1. The summed E-state index contributed by atoms with van der Waals surface area (Å²) in [7, 11) is 0. The van der Waals surface area contributed by atoms with E-state index in [4.69, 9.17) is 5.11 Å². The Labute approximate surface area is 114 Å². The number of carbonyl (C=O) groups excluding carboxylic acids is 1. The molecule has 0 aliphatic carbocycles. The second-order valence-corrected chi connectivity index (χ2v) is 5.94. The van der Waals surface area contributed by atoms with Gasteiger partial charge in [-0.05, 0) is 25.3 Å². The van der Waals surface area contributed by atoms with E-state index in [1.54, 1.807) is 11.8 Å². The van der Waals surface area contributed by atoms with E-state index >= 15 is 0 Å². The van der Waals surface area contributed by atoms with Gasteiger partial charge >= 0.3 is 5.97 Å². The van der Waals surface area contributed by atoms with E-state index in [0.29, 0.717) is 19.0 Å². The van der Waals surface area contributed by atoms with Crippen LogP contribution < -0.4 is 5.32 Å². The molecule has 0 saturated carbocycles. The number of carbonyl (C=O) groups is 2. The van der Waals surface area contributed by atoms with Gasteiger partial charge in [0.25, 0.3) is 0 Å². The van der Waals surface area contributed by atoms with Gasteiger partial charge in [-0.15, -0.1) is 0 Å². The second-order valence-electron chi connectivity index (χ2n) is 5.94. The lowest BCUT2D eigenvalue weighted by Gasteiger charge is -2.44. The third-order valence-electron chi connectivity index (χ3n) is 4.71. The van der Waals surface area contributed by atoms with Gasteiger partial charge in [0, 0.05) is 19.0 Å². The maximum Gasteiger partial charge on any atom is 0.306 e. The first-order valence-corrected chi connectivity index (χ1v) is 7.27. The smallest absolute Gasteiger partial charge is 0.306 e. The van der Waals surface area contributed by atoms with Crippen molar-refractivity contribution in [3.63, 3.8) is 0 Å². The van der Waals surface area contributed by atoms with Crippen molar-refractivity contribution in [3.8, 4) is 0 Å². The summed E-state index contributed by atoms with van der Waals surface area (Å²) < 4.78 is 0. The Bertz CT molecular complexity index is 353. The fraction of sp³-hybridized carbons (Fsp3) is 0.857. The zero-order valence-corrected chi connectivity index (χ0v) is 11.8. The molecule has 3 unspecified atom stereocenters. The lowest BCUT2D eigenvalue weighted by molar-refractivity contribution is -0.151. The molecule has 2 fully saturated rings. The molecule has 2 heterocycles. The van der Waals surface area contributed by atoms with Gasteiger partial charge in [0.1, 0.15) is 0 Å². The molecule has 0 bridgehead atoms. The Hall–Kier alpha value is -1.10. The fourth-order valence-electron chi connectivity index (χ4n) is 2.99. The Morgan fingerprint density at radius 2 is 2.11 bits per heavy atom. The van der Waals surface area contributed by atoms with Crippen molar-refractivity contribution >= 4 is 11.9 Å². The number of piperidine rings is 1. The number of carboxylic acid groups (broad SMARTS) is 1. The molecule has 108 valence electrons. The molecule has 2 N–H and O–H groups in total. The van der Waals surface area contributed by atoms with Crippen LogP contribution in [-0.2, 0) is 9.59 Å². The monoisotopic (exact) mass is 268 g/mol. The zero-order valence-electron chi connectivity index (χ0n) is 11.8. The van der Waals surface area contributed by atoms with E-state index in [2.05, 4.69) is 12.2 Å². The number of aliphatic carboxylic acids is 1. The van der Waals surface area contributed by atoms with Gasteiger partial charge in [-0.3, -0.25) is 9.59 Å². The molecule has 0 spiro atoms. The van der Waals surface area contributed by atoms with Gasteiger partial charge in [-0.2, -0.15) is 0 Å². The van der Waals surface area contributed by atoms with Crippen LogP contribution in [-0.4, -0.2) is 47.6 Å². The average molecular weight is 268 g/mol. The van der Waals surface area contributed by atoms with E-state index in [-0.39, 0.29) is 23.8 Å². The Kier molecular flexibility index (Phi) is 4.45. The SMILES string of the molecule is CCC1CCNC(C(=O)N2CC(C(C)C(=O)O)C2)C1. The van der Waals surface area contributed by atoms with Gasteiger partial charge < -0.3 is 15.3 Å². The highest BCUT2D eigenvalue weighted by Crippen LogP contribution is 2.27. The predicted octanol–water partition coefficient (Wildman–Crippen LogP) is 0.944. The maximum absolute atomic E-state index is 12.3. The van der Waals surface area contributed by atoms with Gasteiger partial charge in [0.2, 0.25) is 5.91 Å². The van der Waals surface area contributed by atoms with E-state index in [1.807, 2.05) is 0 Å². The van der Waals surface area contributed by atoms with Crippen molar-refractivity contribution in [1.82, 2.24) is 10.2 Å². The number of rotatable bonds is 4. The number of likely N-dealkylation sites (tertiary alicyclic amines) is 1. The minimum absolute atomic E-state index is 0.0558. The zero-order chi connectivity index (χ0) is 14.0. The standard InChI is InChI=1S/C14H24N2O3/c1-3-10-4-5-15-12(6-10)13(17)16-7-11(8-16)9(2)14(18)19/h9-12,15H,3-8H2,1-2H3,(H,18,19). The molecule has 5 nitrogen and oxygen atoms in total. The molecule has 3 atom stereocenters. The molecule has 0 radical (unpaired) electrons. The predicted molar refractivity (Wildman–Crippen MR) is 71.7 cm³/mol. The molecule has 2 saturated heterocycles. The third-order valence-corrected chi connectivity index (χ3v) is 4.71. The summed E-state index contributed by atoms with van der Waals surface area (Å²) in [6.07, 6.45) is 3.20. The molecule has 5 heteroatoms.